The molecule has 0 aliphatic heterocycles. The van der Waals surface area contributed by atoms with E-state index >= 15 is 0 Å². The van der Waals surface area contributed by atoms with E-state index in [1.165, 1.54) is 6.07 Å². The number of anilines is 1. The minimum atomic E-state index is -0.413. The third-order valence-electron chi connectivity index (χ3n) is 2.99. The first kappa shape index (κ1) is 19.8. The minimum absolute atomic E-state index is 0.0319. The molecule has 10 heteroatoms. The van der Waals surface area contributed by atoms with E-state index in [1.54, 1.807) is 25.2 Å². The first-order valence-electron chi connectivity index (χ1n) is 7.18. The highest BCUT2D eigenvalue weighted by Gasteiger charge is 2.17. The Kier molecular flexibility index (Phi) is 8.33. The zero-order valence-electron chi connectivity index (χ0n) is 13.9. The van der Waals surface area contributed by atoms with E-state index < -0.39 is 4.92 Å². The van der Waals surface area contributed by atoms with E-state index in [0.29, 0.717) is 23.5 Å². The number of nitro benzene ring substituents is 1. The van der Waals surface area contributed by atoms with Crippen LogP contribution in [0.25, 0.3) is 0 Å². The van der Waals surface area contributed by atoms with Crippen LogP contribution in [0.3, 0.4) is 0 Å². The van der Waals surface area contributed by atoms with Gasteiger partial charge < -0.3 is 10.1 Å². The Hall–Kier alpha value is -3.24. The maximum Gasteiger partial charge on any atom is 0.278 e. The Morgan fingerprint density at radius 1 is 1.32 bits per heavy atom. The molecule has 0 spiro atoms. The third-order valence-corrected chi connectivity index (χ3v) is 2.99. The van der Waals surface area contributed by atoms with Crippen molar-refractivity contribution in [2.75, 3.05) is 12.4 Å². The molecule has 0 aliphatic carbocycles. The SMILES string of the molecule is CNc1cccc([N+](=O)[O-])c1COc1cccc(C)n1.NNNC=O. The molecule has 2 rings (SSSR count). The van der Waals surface area contributed by atoms with Crippen molar-refractivity contribution in [1.82, 2.24) is 15.9 Å². The standard InChI is InChI=1S/C14H15N3O3.CH5N3O/c1-10-5-3-8-14(16-10)20-9-11-12(15-2)6-4-7-13(11)17(18)19;2-4-3-1-5/h3-8,15H,9H2,1-2H3;1,4H,2H2,(H,3,5). The Morgan fingerprint density at radius 3 is 2.56 bits per heavy atom. The zero-order chi connectivity index (χ0) is 18.7. The number of hydrogen-bond acceptors (Lipinski definition) is 8. The highest BCUT2D eigenvalue weighted by molar-refractivity contribution is 5.60. The number of carbonyl (C=O) groups excluding carboxylic acids is 1. The van der Waals surface area contributed by atoms with Gasteiger partial charge in [0.2, 0.25) is 12.3 Å². The van der Waals surface area contributed by atoms with Crippen molar-refractivity contribution in [3.8, 4) is 5.88 Å². The molecule has 0 saturated carbocycles. The predicted molar refractivity (Wildman–Crippen MR) is 92.5 cm³/mol. The van der Waals surface area contributed by atoms with E-state index in [2.05, 4.69) is 16.1 Å². The van der Waals surface area contributed by atoms with E-state index in [4.69, 9.17) is 9.53 Å². The summed E-state index contributed by atoms with van der Waals surface area (Å²) in [4.78, 5) is 24.0. The Balaban J connectivity index is 0.000000550. The van der Waals surface area contributed by atoms with Crippen LogP contribution in [0.5, 0.6) is 5.88 Å². The van der Waals surface area contributed by atoms with Crippen molar-refractivity contribution < 1.29 is 14.5 Å². The summed E-state index contributed by atoms with van der Waals surface area (Å²) >= 11 is 0. The summed E-state index contributed by atoms with van der Waals surface area (Å²) in [5.74, 6) is 5.00. The lowest BCUT2D eigenvalue weighted by molar-refractivity contribution is -0.385. The van der Waals surface area contributed by atoms with Crippen LogP contribution in [0.2, 0.25) is 0 Å². The van der Waals surface area contributed by atoms with Crippen LogP contribution in [-0.4, -0.2) is 23.4 Å². The van der Waals surface area contributed by atoms with Gasteiger partial charge in [-0.1, -0.05) is 12.1 Å². The number of hydrazine groups is 2. The fraction of sp³-hybridized carbons (Fsp3) is 0.200. The average molecular weight is 348 g/mol. The maximum absolute atomic E-state index is 11.1. The van der Waals surface area contributed by atoms with Crippen LogP contribution in [-0.2, 0) is 11.4 Å². The molecule has 1 amide bonds. The molecule has 1 aromatic carbocycles. The Morgan fingerprint density at radius 2 is 2.04 bits per heavy atom. The summed E-state index contributed by atoms with van der Waals surface area (Å²) in [6.07, 6.45) is 0.444. The number of benzene rings is 1. The van der Waals surface area contributed by atoms with Crippen LogP contribution in [0.4, 0.5) is 11.4 Å². The molecule has 0 fully saturated rings. The van der Waals surface area contributed by atoms with E-state index in [9.17, 15) is 10.1 Å². The number of carbonyl (C=O) groups is 1. The molecular weight excluding hydrogens is 328 g/mol. The molecule has 5 N–H and O–H groups in total. The molecule has 1 aromatic heterocycles. The number of aryl methyl sites for hydroxylation is 1. The molecule has 134 valence electrons. The summed E-state index contributed by atoms with van der Waals surface area (Å²) in [6.45, 7) is 1.95. The molecule has 0 aliphatic rings. The summed E-state index contributed by atoms with van der Waals surface area (Å²) in [7, 11) is 1.72. The Labute approximate surface area is 144 Å². The first-order chi connectivity index (χ1) is 12.0. The number of rotatable bonds is 7. The molecule has 0 unspecified atom stereocenters. The topological polar surface area (TPSA) is 144 Å². The number of nitro groups is 1. The van der Waals surface area contributed by atoms with E-state index in [0.717, 1.165) is 5.69 Å². The smallest absolute Gasteiger partial charge is 0.278 e. The van der Waals surface area contributed by atoms with E-state index in [-0.39, 0.29) is 12.3 Å². The van der Waals surface area contributed by atoms with Crippen LogP contribution in [0.15, 0.2) is 36.4 Å². The molecule has 1 heterocycles. The number of nitrogens with zero attached hydrogens (tertiary/aromatic N) is 2. The second-order valence-electron chi connectivity index (χ2n) is 4.62. The normalized spacial score (nSPS) is 9.40. The van der Waals surface area contributed by atoms with Crippen LogP contribution < -0.4 is 26.9 Å². The molecule has 0 radical (unpaired) electrons. The lowest BCUT2D eigenvalue weighted by Crippen LogP contribution is -2.36. The van der Waals surface area contributed by atoms with Crippen molar-refractivity contribution in [3.63, 3.8) is 0 Å². The molecule has 10 nitrogen and oxygen atoms in total. The van der Waals surface area contributed by atoms with Gasteiger partial charge in [-0.2, -0.15) is 5.53 Å². The predicted octanol–water partition coefficient (Wildman–Crippen LogP) is 1.03. The summed E-state index contributed by atoms with van der Waals surface area (Å²) in [6, 6.07) is 10.3. The fourth-order valence-corrected chi connectivity index (χ4v) is 1.91. The summed E-state index contributed by atoms with van der Waals surface area (Å²) in [5, 5.41) is 14.0. The lowest BCUT2D eigenvalue weighted by Gasteiger charge is -2.10. The number of ether oxygens (including phenoxy) is 1. The number of amides is 1. The van der Waals surface area contributed by atoms with Crippen molar-refractivity contribution in [2.45, 2.75) is 13.5 Å². The van der Waals surface area contributed by atoms with Crippen molar-refractivity contribution in [2.24, 2.45) is 5.84 Å². The minimum Gasteiger partial charge on any atom is -0.472 e. The second kappa shape index (κ2) is 10.5. The van der Waals surface area contributed by atoms with Gasteiger partial charge in [-0.15, -0.1) is 0 Å². The highest BCUT2D eigenvalue weighted by atomic mass is 16.6. The molecular formula is C15H20N6O4. The van der Waals surface area contributed by atoms with Gasteiger partial charge in [0, 0.05) is 30.6 Å². The summed E-state index contributed by atoms with van der Waals surface area (Å²) < 4.78 is 5.55. The molecule has 0 saturated heterocycles. The Bertz CT molecular complexity index is 710. The lowest BCUT2D eigenvalue weighted by atomic mass is 10.1. The van der Waals surface area contributed by atoms with Gasteiger partial charge in [-0.3, -0.25) is 26.2 Å². The van der Waals surface area contributed by atoms with Crippen LogP contribution >= 0.6 is 0 Å². The zero-order valence-corrected chi connectivity index (χ0v) is 13.9. The number of aromatic nitrogens is 1. The van der Waals surface area contributed by atoms with Crippen molar-refractivity contribution in [3.05, 3.63) is 57.8 Å². The molecule has 2 aromatic rings. The number of pyridine rings is 1. The second-order valence-corrected chi connectivity index (χ2v) is 4.62. The number of hydrogen-bond donors (Lipinski definition) is 4. The van der Waals surface area contributed by atoms with Gasteiger partial charge in [0.15, 0.2) is 0 Å². The van der Waals surface area contributed by atoms with Gasteiger partial charge in [0.05, 0.1) is 10.5 Å². The van der Waals surface area contributed by atoms with Gasteiger partial charge in [0.25, 0.3) is 5.69 Å². The molecule has 0 atom stereocenters. The maximum atomic E-state index is 11.1. The van der Waals surface area contributed by atoms with Gasteiger partial charge in [-0.25, -0.2) is 4.98 Å². The third kappa shape index (κ3) is 6.41. The van der Waals surface area contributed by atoms with Gasteiger partial charge in [0.1, 0.15) is 6.61 Å². The monoisotopic (exact) mass is 348 g/mol. The average Bonchev–Trinajstić information content (AvgIpc) is 2.60. The summed E-state index contributed by atoms with van der Waals surface area (Å²) in [5.41, 5.74) is 5.90. The number of nitrogens with two attached hydrogens (primary N) is 1. The highest BCUT2D eigenvalue weighted by Crippen LogP contribution is 2.27. The fourth-order valence-electron chi connectivity index (χ4n) is 1.91. The van der Waals surface area contributed by atoms with E-state index in [1.807, 2.05) is 30.0 Å². The van der Waals surface area contributed by atoms with Gasteiger partial charge in [-0.05, 0) is 19.1 Å². The molecule has 0 bridgehead atoms. The quantitative estimate of drug-likeness (QED) is 0.251. The van der Waals surface area contributed by atoms with Crippen molar-refractivity contribution in [1.29, 1.82) is 0 Å². The number of nitrogens with one attached hydrogen (secondary N) is 3. The van der Waals surface area contributed by atoms with Crippen LogP contribution in [0, 0.1) is 17.0 Å². The largest absolute Gasteiger partial charge is 0.472 e. The first-order valence-corrected chi connectivity index (χ1v) is 7.18. The molecule has 25 heavy (non-hydrogen) atoms. The van der Waals surface area contributed by atoms with Crippen molar-refractivity contribution >= 4 is 17.8 Å². The van der Waals surface area contributed by atoms with Crippen LogP contribution in [0.1, 0.15) is 11.3 Å². The van der Waals surface area contributed by atoms with Gasteiger partial charge >= 0.3 is 0 Å².